The lowest BCUT2D eigenvalue weighted by Crippen LogP contribution is -2.19. The lowest BCUT2D eigenvalue weighted by molar-refractivity contribution is 0.341. The molecule has 1 aromatic heterocycles. The molecule has 0 amide bonds. The molecule has 0 aliphatic carbocycles. The van der Waals surface area contributed by atoms with Crippen LogP contribution in [0.1, 0.15) is 38.4 Å². The fourth-order valence-corrected chi connectivity index (χ4v) is 3.11. The van der Waals surface area contributed by atoms with Crippen LogP contribution in [0.3, 0.4) is 0 Å². The molecule has 1 heterocycles. The summed E-state index contributed by atoms with van der Waals surface area (Å²) in [6, 6.07) is 17.2. The number of H-pyrrole nitrogens is 1. The fourth-order valence-electron chi connectivity index (χ4n) is 3.11. The number of rotatable bonds is 7. The van der Waals surface area contributed by atoms with Gasteiger partial charge in [0, 0.05) is 5.69 Å². The van der Waals surface area contributed by atoms with E-state index in [2.05, 4.69) is 12.0 Å². The number of aryl methyl sites for hydroxylation is 1. The molecule has 5 nitrogen and oxygen atoms in total. The molecule has 140 valence electrons. The topological polar surface area (TPSA) is 59.4 Å². The molecule has 3 aromatic rings. The van der Waals surface area contributed by atoms with E-state index in [1.807, 2.05) is 68.4 Å². The Morgan fingerprint density at radius 3 is 2.48 bits per heavy atom. The third kappa shape index (κ3) is 4.03. The van der Waals surface area contributed by atoms with E-state index >= 15 is 0 Å². The Bertz CT molecular complexity index is 984. The minimum atomic E-state index is -0.0835. The lowest BCUT2D eigenvalue weighted by atomic mass is 10.1. The highest BCUT2D eigenvalue weighted by molar-refractivity contribution is 6.01. The zero-order valence-electron chi connectivity index (χ0n) is 16.0. The van der Waals surface area contributed by atoms with Crippen LogP contribution >= 0.6 is 0 Å². The Morgan fingerprint density at radius 2 is 1.78 bits per heavy atom. The second kappa shape index (κ2) is 8.54. The van der Waals surface area contributed by atoms with Gasteiger partial charge in [0.1, 0.15) is 11.4 Å². The smallest absolute Gasteiger partial charge is 0.280 e. The van der Waals surface area contributed by atoms with Gasteiger partial charge in [0.25, 0.3) is 5.56 Å². The third-order valence-corrected chi connectivity index (χ3v) is 4.29. The van der Waals surface area contributed by atoms with Crippen LogP contribution in [0.2, 0.25) is 0 Å². The maximum absolute atomic E-state index is 13.1. The molecule has 0 saturated heterocycles. The van der Waals surface area contributed by atoms with Crippen LogP contribution in [0.25, 0.3) is 5.69 Å². The van der Waals surface area contributed by atoms with Gasteiger partial charge in [-0.1, -0.05) is 43.7 Å². The van der Waals surface area contributed by atoms with E-state index in [-0.39, 0.29) is 5.56 Å². The third-order valence-electron chi connectivity index (χ3n) is 4.29. The van der Waals surface area contributed by atoms with Gasteiger partial charge < -0.3 is 4.74 Å². The van der Waals surface area contributed by atoms with Gasteiger partial charge in [0.2, 0.25) is 0 Å². The Morgan fingerprint density at radius 1 is 1.07 bits per heavy atom. The molecular formula is C22H25N3O2. The van der Waals surface area contributed by atoms with Gasteiger partial charge in [-0.25, -0.2) is 9.67 Å². The number of para-hydroxylation sites is 3. The number of hydrogen-bond acceptors (Lipinski definition) is 3. The molecule has 0 atom stereocenters. The van der Waals surface area contributed by atoms with E-state index in [1.165, 1.54) is 0 Å². The molecule has 1 N–H and O–H groups in total. The first-order valence-corrected chi connectivity index (χ1v) is 9.32. The minimum absolute atomic E-state index is 0.0835. The molecule has 27 heavy (non-hydrogen) atoms. The largest absolute Gasteiger partial charge is 0.492 e. The predicted molar refractivity (Wildman–Crippen MR) is 110 cm³/mol. The molecule has 0 saturated carbocycles. The molecule has 0 aliphatic heterocycles. The molecule has 0 unspecified atom stereocenters. The SMILES string of the molecule is CCCc1[nH]n(-c2ccccc2)c(=O)c1C(C)=Nc1ccccc1OCC. The predicted octanol–water partition coefficient (Wildman–Crippen LogP) is 4.66. The summed E-state index contributed by atoms with van der Waals surface area (Å²) in [6.07, 6.45) is 1.72. The van der Waals surface area contributed by atoms with E-state index in [0.29, 0.717) is 17.9 Å². The number of ether oxygens (including phenoxy) is 1. The van der Waals surface area contributed by atoms with Crippen molar-refractivity contribution in [1.29, 1.82) is 0 Å². The molecule has 2 aromatic carbocycles. The van der Waals surface area contributed by atoms with Gasteiger partial charge >= 0.3 is 0 Å². The van der Waals surface area contributed by atoms with Crippen molar-refractivity contribution in [3.8, 4) is 11.4 Å². The monoisotopic (exact) mass is 363 g/mol. The summed E-state index contributed by atoms with van der Waals surface area (Å²) in [7, 11) is 0. The summed E-state index contributed by atoms with van der Waals surface area (Å²) >= 11 is 0. The number of benzene rings is 2. The van der Waals surface area contributed by atoms with Gasteiger partial charge in [0.15, 0.2) is 0 Å². The summed E-state index contributed by atoms with van der Waals surface area (Å²) in [6.45, 7) is 6.48. The van der Waals surface area contributed by atoms with Gasteiger partial charge in [0.05, 0.1) is 23.6 Å². The Hall–Kier alpha value is -3.08. The van der Waals surface area contributed by atoms with Crippen molar-refractivity contribution in [3.05, 3.63) is 76.2 Å². The second-order valence-corrected chi connectivity index (χ2v) is 6.29. The van der Waals surface area contributed by atoms with Gasteiger partial charge in [-0.2, -0.15) is 0 Å². The number of nitrogens with one attached hydrogen (secondary N) is 1. The summed E-state index contributed by atoms with van der Waals surface area (Å²) in [5.41, 5.74) is 3.68. The molecule has 0 fully saturated rings. The number of aromatic amines is 1. The van der Waals surface area contributed by atoms with Crippen molar-refractivity contribution in [2.24, 2.45) is 4.99 Å². The van der Waals surface area contributed by atoms with E-state index in [9.17, 15) is 4.79 Å². The zero-order valence-corrected chi connectivity index (χ0v) is 16.0. The van der Waals surface area contributed by atoms with Crippen molar-refractivity contribution >= 4 is 11.4 Å². The van der Waals surface area contributed by atoms with Crippen LogP contribution in [-0.4, -0.2) is 22.1 Å². The zero-order chi connectivity index (χ0) is 19.2. The van der Waals surface area contributed by atoms with Crippen molar-refractivity contribution in [1.82, 2.24) is 9.78 Å². The van der Waals surface area contributed by atoms with Gasteiger partial charge in [-0.15, -0.1) is 0 Å². The second-order valence-electron chi connectivity index (χ2n) is 6.29. The molecular weight excluding hydrogens is 338 g/mol. The van der Waals surface area contributed by atoms with Crippen molar-refractivity contribution < 1.29 is 4.74 Å². The maximum Gasteiger partial charge on any atom is 0.280 e. The van der Waals surface area contributed by atoms with Crippen LogP contribution < -0.4 is 10.3 Å². The van der Waals surface area contributed by atoms with Crippen molar-refractivity contribution in [2.45, 2.75) is 33.6 Å². The lowest BCUT2D eigenvalue weighted by Gasteiger charge is -2.07. The average molecular weight is 363 g/mol. The first-order valence-electron chi connectivity index (χ1n) is 9.32. The highest BCUT2D eigenvalue weighted by Crippen LogP contribution is 2.27. The van der Waals surface area contributed by atoms with Crippen LogP contribution in [0, 0.1) is 0 Å². The molecule has 3 rings (SSSR count). The summed E-state index contributed by atoms with van der Waals surface area (Å²) < 4.78 is 7.25. The van der Waals surface area contributed by atoms with E-state index < -0.39 is 0 Å². The normalized spacial score (nSPS) is 11.6. The quantitative estimate of drug-likeness (QED) is 0.621. The molecule has 0 aliphatic rings. The van der Waals surface area contributed by atoms with Gasteiger partial charge in [-0.3, -0.25) is 9.89 Å². The van der Waals surface area contributed by atoms with E-state index in [0.717, 1.165) is 35.7 Å². The number of aromatic nitrogens is 2. The Balaban J connectivity index is 2.10. The van der Waals surface area contributed by atoms with E-state index in [4.69, 9.17) is 9.73 Å². The molecule has 5 heteroatoms. The van der Waals surface area contributed by atoms with Crippen LogP contribution in [0.4, 0.5) is 5.69 Å². The van der Waals surface area contributed by atoms with Crippen LogP contribution in [0.15, 0.2) is 64.4 Å². The maximum atomic E-state index is 13.1. The van der Waals surface area contributed by atoms with Crippen LogP contribution in [0.5, 0.6) is 5.75 Å². The minimum Gasteiger partial charge on any atom is -0.492 e. The highest BCUT2D eigenvalue weighted by atomic mass is 16.5. The van der Waals surface area contributed by atoms with E-state index in [1.54, 1.807) is 4.68 Å². The number of nitrogens with zero attached hydrogens (tertiary/aromatic N) is 2. The Labute approximate surface area is 159 Å². The molecule has 0 bridgehead atoms. The van der Waals surface area contributed by atoms with Crippen molar-refractivity contribution in [2.75, 3.05) is 6.61 Å². The van der Waals surface area contributed by atoms with Crippen LogP contribution in [-0.2, 0) is 6.42 Å². The first kappa shape index (κ1) is 18.7. The Kier molecular flexibility index (Phi) is 5.91. The molecule has 0 radical (unpaired) electrons. The summed E-state index contributed by atoms with van der Waals surface area (Å²) in [5, 5.41) is 3.27. The standard InChI is InChI=1S/C22H25N3O2/c1-4-11-19-21(22(26)25(24-19)17-12-7-6-8-13-17)16(3)23-18-14-9-10-15-20(18)27-5-2/h6-10,12-15,24H,4-5,11H2,1-3H3. The number of aliphatic imine (C=N–C) groups is 1. The average Bonchev–Trinajstić information content (AvgIpc) is 3.01. The highest BCUT2D eigenvalue weighted by Gasteiger charge is 2.17. The summed E-state index contributed by atoms with van der Waals surface area (Å²) in [4.78, 5) is 17.8. The van der Waals surface area contributed by atoms with Crippen molar-refractivity contribution in [3.63, 3.8) is 0 Å². The fraction of sp³-hybridized carbons (Fsp3) is 0.273. The first-order chi connectivity index (χ1) is 13.2. The van der Waals surface area contributed by atoms with Gasteiger partial charge in [-0.05, 0) is 44.5 Å². The number of hydrogen-bond donors (Lipinski definition) is 1. The summed E-state index contributed by atoms with van der Waals surface area (Å²) in [5.74, 6) is 0.718. The molecule has 0 spiro atoms.